The largest absolute Gasteiger partial charge is 0.337 e. The number of aryl methyl sites for hydroxylation is 1. The van der Waals surface area contributed by atoms with Crippen LogP contribution in [0.25, 0.3) is 11.5 Å². The molecule has 0 atom stereocenters. The van der Waals surface area contributed by atoms with Crippen LogP contribution in [-0.2, 0) is 13.6 Å². The molecule has 2 aromatic rings. The fourth-order valence-electron chi connectivity index (χ4n) is 1.97. The molecule has 2 heterocycles. The van der Waals surface area contributed by atoms with Gasteiger partial charge in [0.25, 0.3) is 0 Å². The second-order valence-electron chi connectivity index (χ2n) is 6.02. The van der Waals surface area contributed by atoms with Crippen molar-refractivity contribution in [1.29, 1.82) is 0 Å². The van der Waals surface area contributed by atoms with E-state index in [1.54, 1.807) is 17.9 Å². The van der Waals surface area contributed by atoms with E-state index in [0.717, 1.165) is 6.54 Å². The Morgan fingerprint density at radius 1 is 1.37 bits per heavy atom. The van der Waals surface area contributed by atoms with E-state index in [1.807, 2.05) is 7.05 Å². The Hall–Kier alpha value is -1.76. The predicted octanol–water partition coefficient (Wildman–Crippen LogP) is 1.34. The van der Waals surface area contributed by atoms with Gasteiger partial charge in [0.2, 0.25) is 11.7 Å². The second-order valence-corrected chi connectivity index (χ2v) is 6.02. The lowest BCUT2D eigenvalue weighted by Crippen LogP contribution is -2.28. The molecule has 19 heavy (non-hydrogen) atoms. The van der Waals surface area contributed by atoms with Gasteiger partial charge in [-0.3, -0.25) is 9.58 Å². The lowest BCUT2D eigenvalue weighted by molar-refractivity contribution is 0.198. The van der Waals surface area contributed by atoms with E-state index in [0.29, 0.717) is 24.0 Å². The van der Waals surface area contributed by atoms with Crippen molar-refractivity contribution in [2.24, 2.45) is 12.5 Å². The summed E-state index contributed by atoms with van der Waals surface area (Å²) in [6.07, 6.45) is 1.76. The summed E-state index contributed by atoms with van der Waals surface area (Å²) in [6.45, 7) is 8.17. The molecule has 0 saturated heterocycles. The predicted molar refractivity (Wildman–Crippen MR) is 70.1 cm³/mol. The quantitative estimate of drug-likeness (QED) is 0.829. The highest BCUT2D eigenvalue weighted by atomic mass is 16.5. The summed E-state index contributed by atoms with van der Waals surface area (Å²) >= 11 is 0. The number of nitrogens with zero attached hydrogens (tertiary/aromatic N) is 6. The molecule has 0 N–H and O–H groups in total. The molecule has 0 unspecified atom stereocenters. The number of aromatic nitrogens is 5. The number of hydrogen-bond donors (Lipinski definition) is 0. The van der Waals surface area contributed by atoms with Gasteiger partial charge < -0.3 is 4.52 Å². The molecule has 104 valence electrons. The fourth-order valence-corrected chi connectivity index (χ4v) is 1.97. The van der Waals surface area contributed by atoms with Crippen LogP contribution in [0.5, 0.6) is 0 Å². The molecule has 0 saturated carbocycles. The summed E-state index contributed by atoms with van der Waals surface area (Å²) in [5, 5.41) is 11.7. The fraction of sp³-hybridized carbons (Fsp3) is 0.667. The lowest BCUT2D eigenvalue weighted by atomic mass is 9.96. The molecule has 0 aliphatic heterocycles. The molecule has 7 nitrogen and oxygen atoms in total. The molecular formula is C12H20N6O. The first-order chi connectivity index (χ1) is 8.83. The van der Waals surface area contributed by atoms with Crippen LogP contribution in [-0.4, -0.2) is 43.6 Å². The molecule has 0 radical (unpaired) electrons. The zero-order valence-electron chi connectivity index (χ0n) is 12.1. The van der Waals surface area contributed by atoms with Crippen LogP contribution in [0.3, 0.4) is 0 Å². The van der Waals surface area contributed by atoms with Crippen molar-refractivity contribution in [3.8, 4) is 11.5 Å². The summed E-state index contributed by atoms with van der Waals surface area (Å²) < 4.78 is 6.84. The highest BCUT2D eigenvalue weighted by molar-refractivity contribution is 5.44. The van der Waals surface area contributed by atoms with Gasteiger partial charge in [-0.1, -0.05) is 31.1 Å². The topological polar surface area (TPSA) is 72.9 Å². The van der Waals surface area contributed by atoms with Gasteiger partial charge in [-0.05, 0) is 12.5 Å². The standard InChI is InChI=1S/C12H20N6O/c1-12(2,3)8-17(4)7-10-13-11(15-19-10)9-6-18(5)16-14-9/h6H,7-8H2,1-5H3. The van der Waals surface area contributed by atoms with Gasteiger partial charge in [0.15, 0.2) is 5.69 Å². The Labute approximate surface area is 112 Å². The van der Waals surface area contributed by atoms with Crippen molar-refractivity contribution in [2.75, 3.05) is 13.6 Å². The first-order valence-corrected chi connectivity index (χ1v) is 6.21. The van der Waals surface area contributed by atoms with Crippen LogP contribution in [0.4, 0.5) is 0 Å². The van der Waals surface area contributed by atoms with E-state index in [2.05, 4.69) is 46.1 Å². The molecule has 0 bridgehead atoms. The van der Waals surface area contributed by atoms with Crippen molar-refractivity contribution >= 4 is 0 Å². The van der Waals surface area contributed by atoms with E-state index in [-0.39, 0.29) is 5.41 Å². The summed E-state index contributed by atoms with van der Waals surface area (Å²) in [5.41, 5.74) is 0.860. The van der Waals surface area contributed by atoms with E-state index in [9.17, 15) is 0 Å². The van der Waals surface area contributed by atoms with Crippen molar-refractivity contribution in [3.05, 3.63) is 12.1 Å². The van der Waals surface area contributed by atoms with Crippen LogP contribution in [0, 0.1) is 5.41 Å². The normalized spacial score (nSPS) is 12.3. The maximum Gasteiger partial charge on any atom is 0.241 e. The van der Waals surface area contributed by atoms with E-state index < -0.39 is 0 Å². The van der Waals surface area contributed by atoms with Gasteiger partial charge in [-0.15, -0.1) is 5.10 Å². The summed E-state index contributed by atoms with van der Waals surface area (Å²) in [4.78, 5) is 6.49. The third-order valence-corrected chi connectivity index (χ3v) is 2.45. The lowest BCUT2D eigenvalue weighted by Gasteiger charge is -2.25. The average molecular weight is 264 g/mol. The Morgan fingerprint density at radius 2 is 2.11 bits per heavy atom. The van der Waals surface area contributed by atoms with Gasteiger partial charge in [-0.2, -0.15) is 4.98 Å². The summed E-state index contributed by atoms with van der Waals surface area (Å²) in [5.74, 6) is 1.07. The SMILES string of the molecule is CN(Cc1nc(-c2cn(C)nn2)no1)CC(C)(C)C. The monoisotopic (exact) mass is 264 g/mol. The third-order valence-electron chi connectivity index (χ3n) is 2.45. The molecule has 0 fully saturated rings. The molecule has 2 rings (SSSR count). The first kappa shape index (κ1) is 13.7. The van der Waals surface area contributed by atoms with Crippen molar-refractivity contribution < 1.29 is 4.52 Å². The molecule has 0 spiro atoms. The smallest absolute Gasteiger partial charge is 0.241 e. The van der Waals surface area contributed by atoms with Gasteiger partial charge in [0, 0.05) is 13.6 Å². The van der Waals surface area contributed by atoms with Crippen LogP contribution in [0.15, 0.2) is 10.7 Å². The van der Waals surface area contributed by atoms with E-state index in [4.69, 9.17) is 4.52 Å². The van der Waals surface area contributed by atoms with Gasteiger partial charge in [0.1, 0.15) is 0 Å². The highest BCUT2D eigenvalue weighted by Crippen LogP contribution is 2.16. The minimum absolute atomic E-state index is 0.239. The van der Waals surface area contributed by atoms with Crippen LogP contribution in [0.1, 0.15) is 26.7 Å². The van der Waals surface area contributed by atoms with Crippen LogP contribution >= 0.6 is 0 Å². The Bertz CT molecular complexity index is 538. The molecule has 7 heteroatoms. The number of rotatable bonds is 4. The maximum atomic E-state index is 5.23. The zero-order valence-corrected chi connectivity index (χ0v) is 12.1. The molecule has 2 aromatic heterocycles. The Morgan fingerprint density at radius 3 is 2.68 bits per heavy atom. The molecule has 0 aromatic carbocycles. The minimum Gasteiger partial charge on any atom is -0.337 e. The Kier molecular flexibility index (Phi) is 3.66. The highest BCUT2D eigenvalue weighted by Gasteiger charge is 2.17. The molecule has 0 aliphatic carbocycles. The summed E-state index contributed by atoms with van der Waals surface area (Å²) in [6, 6.07) is 0. The maximum absolute atomic E-state index is 5.23. The molecular weight excluding hydrogens is 244 g/mol. The Balaban J connectivity index is 2.01. The van der Waals surface area contributed by atoms with Gasteiger partial charge >= 0.3 is 0 Å². The van der Waals surface area contributed by atoms with Crippen molar-refractivity contribution in [2.45, 2.75) is 27.3 Å². The molecule has 0 amide bonds. The minimum atomic E-state index is 0.239. The van der Waals surface area contributed by atoms with Crippen molar-refractivity contribution in [1.82, 2.24) is 30.0 Å². The van der Waals surface area contributed by atoms with Gasteiger partial charge in [-0.25, -0.2) is 0 Å². The first-order valence-electron chi connectivity index (χ1n) is 6.21. The third kappa shape index (κ3) is 3.85. The second kappa shape index (κ2) is 5.08. The van der Waals surface area contributed by atoms with E-state index in [1.165, 1.54) is 0 Å². The molecule has 0 aliphatic rings. The van der Waals surface area contributed by atoms with Crippen molar-refractivity contribution in [3.63, 3.8) is 0 Å². The van der Waals surface area contributed by atoms with Crippen LogP contribution < -0.4 is 0 Å². The average Bonchev–Trinajstić information content (AvgIpc) is 2.83. The zero-order chi connectivity index (χ0) is 14.0. The van der Waals surface area contributed by atoms with E-state index >= 15 is 0 Å². The van der Waals surface area contributed by atoms with Crippen LogP contribution in [0.2, 0.25) is 0 Å². The summed E-state index contributed by atoms with van der Waals surface area (Å²) in [7, 11) is 3.84. The number of hydrogen-bond acceptors (Lipinski definition) is 6. The van der Waals surface area contributed by atoms with Gasteiger partial charge in [0.05, 0.1) is 12.7 Å².